The summed E-state index contributed by atoms with van der Waals surface area (Å²) in [5.41, 5.74) is 0.649. The SMILES string of the molecule is CN(C)C(=O)C1CCCN1C(=O)c1ccccc1. The van der Waals surface area contributed by atoms with Crippen LogP contribution in [0.15, 0.2) is 30.3 Å². The number of benzene rings is 1. The summed E-state index contributed by atoms with van der Waals surface area (Å²) in [5, 5.41) is 0. The van der Waals surface area contributed by atoms with Crippen molar-refractivity contribution < 1.29 is 9.59 Å². The molecule has 0 aromatic heterocycles. The highest BCUT2D eigenvalue weighted by Gasteiger charge is 2.35. The summed E-state index contributed by atoms with van der Waals surface area (Å²) in [6.07, 6.45) is 1.65. The zero-order valence-electron chi connectivity index (χ0n) is 10.8. The second-order valence-corrected chi connectivity index (χ2v) is 4.76. The van der Waals surface area contributed by atoms with Crippen LogP contribution in [0.2, 0.25) is 0 Å². The first-order chi connectivity index (χ1) is 8.61. The highest BCUT2D eigenvalue weighted by molar-refractivity contribution is 5.97. The Bertz CT molecular complexity index is 442. The number of hydrogen-bond acceptors (Lipinski definition) is 2. The Morgan fingerprint density at radius 2 is 1.89 bits per heavy atom. The molecule has 0 N–H and O–H groups in total. The molecule has 0 aliphatic carbocycles. The second-order valence-electron chi connectivity index (χ2n) is 4.76. The molecule has 0 saturated carbocycles. The Morgan fingerprint density at radius 1 is 1.22 bits per heavy atom. The van der Waals surface area contributed by atoms with E-state index in [4.69, 9.17) is 0 Å². The molecule has 4 nitrogen and oxygen atoms in total. The Hall–Kier alpha value is -1.84. The lowest BCUT2D eigenvalue weighted by molar-refractivity contribution is -0.132. The van der Waals surface area contributed by atoms with Gasteiger partial charge in [0.25, 0.3) is 5.91 Å². The maximum absolute atomic E-state index is 12.3. The molecule has 1 fully saturated rings. The number of likely N-dealkylation sites (N-methyl/N-ethyl adjacent to an activating group) is 1. The van der Waals surface area contributed by atoms with Crippen LogP contribution in [0.5, 0.6) is 0 Å². The van der Waals surface area contributed by atoms with Crippen LogP contribution in [-0.4, -0.2) is 48.3 Å². The number of carbonyl (C=O) groups excluding carboxylic acids is 2. The van der Waals surface area contributed by atoms with Crippen molar-refractivity contribution in [3.05, 3.63) is 35.9 Å². The molecule has 1 aromatic rings. The molecule has 0 radical (unpaired) electrons. The third-order valence-electron chi connectivity index (χ3n) is 3.26. The van der Waals surface area contributed by atoms with Crippen molar-refractivity contribution in [2.45, 2.75) is 18.9 Å². The van der Waals surface area contributed by atoms with Crippen molar-refractivity contribution in [2.75, 3.05) is 20.6 Å². The van der Waals surface area contributed by atoms with Gasteiger partial charge in [0.2, 0.25) is 5.91 Å². The second kappa shape index (κ2) is 5.21. The van der Waals surface area contributed by atoms with Crippen LogP contribution in [0.4, 0.5) is 0 Å². The van der Waals surface area contributed by atoms with Crippen molar-refractivity contribution >= 4 is 11.8 Å². The minimum Gasteiger partial charge on any atom is -0.347 e. The van der Waals surface area contributed by atoms with Gasteiger partial charge < -0.3 is 9.80 Å². The summed E-state index contributed by atoms with van der Waals surface area (Å²) in [6, 6.07) is 8.84. The van der Waals surface area contributed by atoms with E-state index in [9.17, 15) is 9.59 Å². The van der Waals surface area contributed by atoms with Gasteiger partial charge in [0.05, 0.1) is 0 Å². The van der Waals surface area contributed by atoms with Crippen molar-refractivity contribution in [3.63, 3.8) is 0 Å². The van der Waals surface area contributed by atoms with Crippen molar-refractivity contribution in [2.24, 2.45) is 0 Å². The molecule has 96 valence electrons. The van der Waals surface area contributed by atoms with Crippen molar-refractivity contribution in [1.82, 2.24) is 9.80 Å². The fourth-order valence-electron chi connectivity index (χ4n) is 2.31. The van der Waals surface area contributed by atoms with Gasteiger partial charge in [-0.1, -0.05) is 18.2 Å². The topological polar surface area (TPSA) is 40.6 Å². The van der Waals surface area contributed by atoms with Gasteiger partial charge in [-0.05, 0) is 25.0 Å². The Kier molecular flexibility index (Phi) is 3.65. The summed E-state index contributed by atoms with van der Waals surface area (Å²) < 4.78 is 0. The number of likely N-dealkylation sites (tertiary alicyclic amines) is 1. The molecule has 2 rings (SSSR count). The van der Waals surface area contributed by atoms with E-state index < -0.39 is 0 Å². The van der Waals surface area contributed by atoms with Gasteiger partial charge in [0.15, 0.2) is 0 Å². The number of hydrogen-bond donors (Lipinski definition) is 0. The van der Waals surface area contributed by atoms with Gasteiger partial charge in [-0.3, -0.25) is 9.59 Å². The van der Waals surface area contributed by atoms with E-state index in [-0.39, 0.29) is 17.9 Å². The molecule has 1 saturated heterocycles. The molecule has 1 aromatic carbocycles. The summed E-state index contributed by atoms with van der Waals surface area (Å²) in [7, 11) is 3.46. The van der Waals surface area contributed by atoms with Gasteiger partial charge >= 0.3 is 0 Å². The minimum atomic E-state index is -0.298. The molecule has 0 bridgehead atoms. The van der Waals surface area contributed by atoms with E-state index in [1.165, 1.54) is 0 Å². The third-order valence-corrected chi connectivity index (χ3v) is 3.26. The van der Waals surface area contributed by atoms with E-state index in [2.05, 4.69) is 0 Å². The fourth-order valence-corrected chi connectivity index (χ4v) is 2.31. The van der Waals surface area contributed by atoms with Gasteiger partial charge in [-0.25, -0.2) is 0 Å². The fraction of sp³-hybridized carbons (Fsp3) is 0.429. The largest absolute Gasteiger partial charge is 0.347 e. The zero-order valence-corrected chi connectivity index (χ0v) is 10.8. The van der Waals surface area contributed by atoms with Gasteiger partial charge in [0.1, 0.15) is 6.04 Å². The molecule has 1 aliphatic rings. The van der Waals surface area contributed by atoms with Crippen LogP contribution in [0.25, 0.3) is 0 Å². The van der Waals surface area contributed by atoms with E-state index in [1.807, 2.05) is 18.2 Å². The predicted molar refractivity (Wildman–Crippen MR) is 69.2 cm³/mol. The van der Waals surface area contributed by atoms with E-state index in [0.717, 1.165) is 12.8 Å². The molecular weight excluding hydrogens is 228 g/mol. The lowest BCUT2D eigenvalue weighted by atomic mass is 10.1. The molecule has 2 amide bonds. The zero-order chi connectivity index (χ0) is 13.1. The summed E-state index contributed by atoms with van der Waals surface area (Å²) >= 11 is 0. The monoisotopic (exact) mass is 246 g/mol. The van der Waals surface area contributed by atoms with E-state index >= 15 is 0 Å². The van der Waals surface area contributed by atoms with Gasteiger partial charge in [0, 0.05) is 26.2 Å². The van der Waals surface area contributed by atoms with Crippen molar-refractivity contribution in [3.8, 4) is 0 Å². The number of rotatable bonds is 2. The lowest BCUT2D eigenvalue weighted by Crippen LogP contribution is -2.45. The van der Waals surface area contributed by atoms with Crippen LogP contribution < -0.4 is 0 Å². The predicted octanol–water partition coefficient (Wildman–Crippen LogP) is 1.38. The van der Waals surface area contributed by atoms with Crippen LogP contribution in [0.3, 0.4) is 0 Å². The molecular formula is C14H18N2O2. The lowest BCUT2D eigenvalue weighted by Gasteiger charge is -2.26. The highest BCUT2D eigenvalue weighted by Crippen LogP contribution is 2.21. The molecule has 1 aliphatic heterocycles. The van der Waals surface area contributed by atoms with Crippen molar-refractivity contribution in [1.29, 1.82) is 0 Å². The quantitative estimate of drug-likeness (QED) is 0.791. The maximum atomic E-state index is 12.3. The first-order valence-corrected chi connectivity index (χ1v) is 6.18. The van der Waals surface area contributed by atoms with Crippen LogP contribution >= 0.6 is 0 Å². The minimum absolute atomic E-state index is 0.0109. The standard InChI is InChI=1S/C14H18N2O2/c1-15(2)14(18)12-9-6-10-16(12)13(17)11-7-4-3-5-8-11/h3-5,7-8,12H,6,9-10H2,1-2H3. The first kappa shape index (κ1) is 12.6. The average molecular weight is 246 g/mol. The van der Waals surface area contributed by atoms with E-state index in [0.29, 0.717) is 12.1 Å². The molecule has 1 unspecified atom stereocenters. The van der Waals surface area contributed by atoms with Crippen LogP contribution in [-0.2, 0) is 4.79 Å². The summed E-state index contributed by atoms with van der Waals surface area (Å²) in [6.45, 7) is 0.665. The molecule has 4 heteroatoms. The van der Waals surface area contributed by atoms with Gasteiger partial charge in [-0.2, -0.15) is 0 Å². The Labute approximate surface area is 107 Å². The molecule has 1 heterocycles. The smallest absolute Gasteiger partial charge is 0.254 e. The van der Waals surface area contributed by atoms with Crippen LogP contribution in [0.1, 0.15) is 23.2 Å². The summed E-state index contributed by atoms with van der Waals surface area (Å²) in [5.74, 6) is -0.0370. The Balaban J connectivity index is 2.17. The molecule has 0 spiro atoms. The van der Waals surface area contributed by atoms with Crippen LogP contribution in [0, 0.1) is 0 Å². The molecule has 18 heavy (non-hydrogen) atoms. The highest BCUT2D eigenvalue weighted by atomic mass is 16.2. The first-order valence-electron chi connectivity index (χ1n) is 6.18. The van der Waals surface area contributed by atoms with Gasteiger partial charge in [-0.15, -0.1) is 0 Å². The van der Waals surface area contributed by atoms with E-state index in [1.54, 1.807) is 36.0 Å². The maximum Gasteiger partial charge on any atom is 0.254 e. The normalized spacial score (nSPS) is 18.8. The average Bonchev–Trinajstić information content (AvgIpc) is 2.87. The third kappa shape index (κ3) is 2.37. The molecule has 1 atom stereocenters. The number of amides is 2. The Morgan fingerprint density at radius 3 is 2.50 bits per heavy atom. The number of nitrogens with zero attached hydrogens (tertiary/aromatic N) is 2. The summed E-state index contributed by atoms with van der Waals surface area (Å²) in [4.78, 5) is 27.6. The number of carbonyl (C=O) groups is 2.